The molecular weight excluding hydrogens is 428 g/mol. The molecule has 0 aliphatic rings. The van der Waals surface area contributed by atoms with Crippen LogP contribution < -0.4 is 15.6 Å². The molecule has 180 valence electrons. The maximum absolute atomic E-state index is 12.6. The molecular formula is C23H32N4O6. The summed E-state index contributed by atoms with van der Waals surface area (Å²) in [5, 5.41) is 2.58. The molecule has 2 rings (SSSR count). The van der Waals surface area contributed by atoms with E-state index in [2.05, 4.69) is 15.3 Å². The fourth-order valence-electron chi connectivity index (χ4n) is 2.82. The average molecular weight is 461 g/mol. The van der Waals surface area contributed by atoms with Gasteiger partial charge in [-0.15, -0.1) is 0 Å². The van der Waals surface area contributed by atoms with Gasteiger partial charge in [-0.1, -0.05) is 19.9 Å². The van der Waals surface area contributed by atoms with Gasteiger partial charge in [-0.2, -0.15) is 0 Å². The van der Waals surface area contributed by atoms with Crippen LogP contribution in [0, 0.1) is 5.92 Å². The summed E-state index contributed by atoms with van der Waals surface area (Å²) in [4.78, 5) is 45.9. The molecule has 0 bridgehead atoms. The Balaban J connectivity index is 2.26. The summed E-state index contributed by atoms with van der Waals surface area (Å²) in [5.74, 6) is -0.254. The zero-order valence-electron chi connectivity index (χ0n) is 20.2. The lowest BCUT2D eigenvalue weighted by Gasteiger charge is -2.23. The Kier molecular flexibility index (Phi) is 8.56. The van der Waals surface area contributed by atoms with E-state index in [1.807, 2.05) is 13.8 Å². The van der Waals surface area contributed by atoms with Crippen molar-refractivity contribution in [2.75, 3.05) is 13.7 Å². The van der Waals surface area contributed by atoms with Crippen LogP contribution in [0.3, 0.4) is 0 Å². The molecule has 0 saturated heterocycles. The molecule has 0 aliphatic carbocycles. The smallest absolute Gasteiger partial charge is 0.408 e. The molecule has 1 N–H and O–H groups in total. The van der Waals surface area contributed by atoms with Gasteiger partial charge in [0.15, 0.2) is 0 Å². The summed E-state index contributed by atoms with van der Waals surface area (Å²) in [6.07, 6.45) is 2.31. The number of aryl methyl sites for hydroxylation is 1. The van der Waals surface area contributed by atoms with Crippen LogP contribution in [0.15, 0.2) is 29.5 Å². The maximum Gasteiger partial charge on any atom is 0.408 e. The van der Waals surface area contributed by atoms with Crippen molar-refractivity contribution >= 4 is 12.1 Å². The second-order valence-corrected chi connectivity index (χ2v) is 9.02. The SMILES string of the molecule is COc1ncn(C)c(=O)c1-c1ccc(C[C@H](NC(=O)OC(C)(C)C)C(=O)OCC(C)C)cn1. The molecule has 0 aliphatic heterocycles. The van der Waals surface area contributed by atoms with Gasteiger partial charge in [-0.25, -0.2) is 14.6 Å². The summed E-state index contributed by atoms with van der Waals surface area (Å²) >= 11 is 0. The molecule has 10 heteroatoms. The van der Waals surface area contributed by atoms with E-state index in [0.29, 0.717) is 11.3 Å². The minimum atomic E-state index is -0.966. The molecule has 33 heavy (non-hydrogen) atoms. The van der Waals surface area contributed by atoms with E-state index in [1.165, 1.54) is 24.2 Å². The Bertz CT molecular complexity index is 1020. The number of carbonyl (C=O) groups excluding carboxylic acids is 2. The third-order valence-electron chi connectivity index (χ3n) is 4.34. The predicted molar refractivity (Wildman–Crippen MR) is 122 cm³/mol. The van der Waals surface area contributed by atoms with Crippen LogP contribution in [-0.4, -0.2) is 52.0 Å². The summed E-state index contributed by atoms with van der Waals surface area (Å²) in [7, 11) is 3.01. The number of nitrogens with one attached hydrogen (secondary N) is 1. The number of hydrogen-bond donors (Lipinski definition) is 1. The monoisotopic (exact) mass is 460 g/mol. The van der Waals surface area contributed by atoms with Gasteiger partial charge in [0.1, 0.15) is 23.5 Å². The lowest BCUT2D eigenvalue weighted by atomic mass is 10.1. The van der Waals surface area contributed by atoms with Crippen molar-refractivity contribution in [3.05, 3.63) is 40.6 Å². The Morgan fingerprint density at radius 1 is 1.18 bits per heavy atom. The second-order valence-electron chi connectivity index (χ2n) is 9.02. The maximum atomic E-state index is 12.6. The Morgan fingerprint density at radius 3 is 2.42 bits per heavy atom. The zero-order valence-corrected chi connectivity index (χ0v) is 20.2. The Morgan fingerprint density at radius 2 is 1.88 bits per heavy atom. The fraction of sp³-hybridized carbons (Fsp3) is 0.522. The van der Waals surface area contributed by atoms with Crippen molar-refractivity contribution in [3.63, 3.8) is 0 Å². The highest BCUT2D eigenvalue weighted by atomic mass is 16.6. The van der Waals surface area contributed by atoms with Gasteiger partial charge >= 0.3 is 12.1 Å². The normalized spacial score (nSPS) is 12.2. The largest absolute Gasteiger partial charge is 0.480 e. The third kappa shape index (κ3) is 7.58. The van der Waals surface area contributed by atoms with E-state index in [4.69, 9.17) is 14.2 Å². The second kappa shape index (κ2) is 10.9. The van der Waals surface area contributed by atoms with Crippen molar-refractivity contribution in [2.45, 2.75) is 52.7 Å². The van der Waals surface area contributed by atoms with Gasteiger partial charge in [-0.05, 0) is 38.3 Å². The first-order chi connectivity index (χ1) is 15.4. The minimum absolute atomic E-state index is 0.131. The van der Waals surface area contributed by atoms with Crippen LogP contribution in [0.2, 0.25) is 0 Å². The van der Waals surface area contributed by atoms with Crippen molar-refractivity contribution in [2.24, 2.45) is 13.0 Å². The Hall–Kier alpha value is -3.43. The van der Waals surface area contributed by atoms with Gasteiger partial charge in [0, 0.05) is 19.7 Å². The quantitative estimate of drug-likeness (QED) is 0.596. The highest BCUT2D eigenvalue weighted by Crippen LogP contribution is 2.22. The number of aromatic nitrogens is 3. The van der Waals surface area contributed by atoms with E-state index < -0.39 is 23.7 Å². The van der Waals surface area contributed by atoms with E-state index in [0.717, 1.165) is 0 Å². The number of hydrogen-bond acceptors (Lipinski definition) is 8. The van der Waals surface area contributed by atoms with Gasteiger partial charge in [0.05, 0.1) is 19.4 Å². The standard InChI is InChI=1S/C23H32N4O6/c1-14(2)12-32-21(29)17(26-22(30)33-23(3,4)5)10-15-8-9-16(24-11-15)18-19(31-7)25-13-27(6)20(18)28/h8-9,11,13-14,17H,10,12H2,1-7H3,(H,26,30)/t17-/m0/s1. The Labute approximate surface area is 193 Å². The zero-order chi connectivity index (χ0) is 24.8. The summed E-state index contributed by atoms with van der Waals surface area (Å²) < 4.78 is 17.1. The van der Waals surface area contributed by atoms with Crippen LogP contribution in [0.4, 0.5) is 4.79 Å². The number of alkyl carbamates (subject to hydrolysis) is 1. The van der Waals surface area contributed by atoms with Gasteiger partial charge in [0.25, 0.3) is 5.56 Å². The summed E-state index contributed by atoms with van der Waals surface area (Å²) in [6.45, 7) is 9.27. The van der Waals surface area contributed by atoms with Gasteiger partial charge in [0.2, 0.25) is 5.88 Å². The first-order valence-electron chi connectivity index (χ1n) is 10.6. The summed E-state index contributed by atoms with van der Waals surface area (Å²) in [5.41, 5.74) is 0.247. The number of rotatable bonds is 8. The van der Waals surface area contributed by atoms with E-state index in [9.17, 15) is 14.4 Å². The predicted octanol–water partition coefficient (Wildman–Crippen LogP) is 2.49. The van der Waals surface area contributed by atoms with Gasteiger partial charge < -0.3 is 24.1 Å². The lowest BCUT2D eigenvalue weighted by Crippen LogP contribution is -2.45. The third-order valence-corrected chi connectivity index (χ3v) is 4.34. The molecule has 0 saturated carbocycles. The molecule has 0 fully saturated rings. The lowest BCUT2D eigenvalue weighted by molar-refractivity contribution is -0.147. The van der Waals surface area contributed by atoms with Crippen LogP contribution in [0.1, 0.15) is 40.2 Å². The number of methoxy groups -OCH3 is 1. The molecule has 2 heterocycles. The number of esters is 1. The van der Waals surface area contributed by atoms with E-state index >= 15 is 0 Å². The van der Waals surface area contributed by atoms with Crippen LogP contribution in [0.25, 0.3) is 11.3 Å². The van der Waals surface area contributed by atoms with E-state index in [1.54, 1.807) is 40.0 Å². The first-order valence-corrected chi connectivity index (χ1v) is 10.6. The topological polar surface area (TPSA) is 122 Å². The fourth-order valence-corrected chi connectivity index (χ4v) is 2.82. The van der Waals surface area contributed by atoms with Crippen molar-refractivity contribution in [1.82, 2.24) is 19.9 Å². The molecule has 0 radical (unpaired) electrons. The van der Waals surface area contributed by atoms with Crippen LogP contribution in [-0.2, 0) is 27.7 Å². The number of carbonyl (C=O) groups is 2. The minimum Gasteiger partial charge on any atom is -0.480 e. The molecule has 0 unspecified atom stereocenters. The highest BCUT2D eigenvalue weighted by molar-refractivity contribution is 5.81. The number of pyridine rings is 1. The van der Waals surface area contributed by atoms with E-state index in [-0.39, 0.29) is 35.9 Å². The molecule has 1 atom stereocenters. The molecule has 10 nitrogen and oxygen atoms in total. The van der Waals surface area contributed by atoms with Crippen molar-refractivity contribution in [3.8, 4) is 17.1 Å². The summed E-state index contributed by atoms with van der Waals surface area (Å²) in [6, 6.07) is 2.39. The van der Waals surface area contributed by atoms with Crippen molar-refractivity contribution in [1.29, 1.82) is 0 Å². The molecule has 2 aromatic heterocycles. The highest BCUT2D eigenvalue weighted by Gasteiger charge is 2.26. The number of amides is 1. The molecule has 0 spiro atoms. The van der Waals surface area contributed by atoms with Crippen LogP contribution in [0.5, 0.6) is 5.88 Å². The van der Waals surface area contributed by atoms with Gasteiger partial charge in [-0.3, -0.25) is 9.78 Å². The van der Waals surface area contributed by atoms with Crippen LogP contribution >= 0.6 is 0 Å². The average Bonchev–Trinajstić information content (AvgIpc) is 2.72. The molecule has 1 amide bonds. The first kappa shape index (κ1) is 25.8. The number of nitrogens with zero attached hydrogens (tertiary/aromatic N) is 3. The molecule has 0 aromatic carbocycles. The molecule has 2 aromatic rings. The number of ether oxygens (including phenoxy) is 3. The van der Waals surface area contributed by atoms with Crippen molar-refractivity contribution < 1.29 is 23.8 Å².